The van der Waals surface area contributed by atoms with Crippen LogP contribution in [0.15, 0.2) is 47.4 Å². The molecular weight excluding hydrogens is 323 g/mol. The fourth-order valence-corrected chi connectivity index (χ4v) is 2.96. The lowest BCUT2D eigenvalue weighted by atomic mass is 10.1. The van der Waals surface area contributed by atoms with Gasteiger partial charge in [-0.15, -0.1) is 0 Å². The molecule has 1 aliphatic rings. The highest BCUT2D eigenvalue weighted by molar-refractivity contribution is 5.89. The second kappa shape index (κ2) is 7.48. The van der Waals surface area contributed by atoms with Crippen LogP contribution in [0.25, 0.3) is 0 Å². The Morgan fingerprint density at radius 2 is 2.16 bits per heavy atom. The number of piperidine rings is 1. The molecule has 0 radical (unpaired) electrons. The van der Waals surface area contributed by atoms with Gasteiger partial charge in [0.25, 0.3) is 5.56 Å². The first kappa shape index (κ1) is 17.2. The fraction of sp³-hybridized carbons (Fsp3) is 0.333. The third-order valence-electron chi connectivity index (χ3n) is 4.22. The topological polar surface area (TPSA) is 80.4 Å². The maximum absolute atomic E-state index is 13.3. The van der Waals surface area contributed by atoms with Gasteiger partial charge in [0.15, 0.2) is 0 Å². The highest BCUT2D eigenvalue weighted by Crippen LogP contribution is 2.12. The predicted molar refractivity (Wildman–Crippen MR) is 94.0 cm³/mol. The van der Waals surface area contributed by atoms with Crippen LogP contribution < -0.4 is 16.6 Å². The van der Waals surface area contributed by atoms with Gasteiger partial charge in [0.1, 0.15) is 5.82 Å². The van der Waals surface area contributed by atoms with E-state index in [4.69, 9.17) is 5.73 Å². The minimum atomic E-state index is -0.351. The second-order valence-corrected chi connectivity index (χ2v) is 6.29. The maximum Gasteiger partial charge on any atom is 0.321 e. The number of halogens is 1. The van der Waals surface area contributed by atoms with E-state index in [1.165, 1.54) is 22.8 Å². The van der Waals surface area contributed by atoms with Crippen LogP contribution in [0.1, 0.15) is 18.4 Å². The van der Waals surface area contributed by atoms with Crippen molar-refractivity contribution >= 4 is 11.7 Å². The number of likely N-dealkylation sites (tertiary alicyclic amines) is 1. The van der Waals surface area contributed by atoms with Crippen molar-refractivity contribution in [2.75, 3.05) is 18.4 Å². The van der Waals surface area contributed by atoms with Gasteiger partial charge in [0.2, 0.25) is 0 Å². The van der Waals surface area contributed by atoms with E-state index in [1.807, 2.05) is 0 Å². The first-order valence-electron chi connectivity index (χ1n) is 8.28. The molecule has 0 spiro atoms. The van der Waals surface area contributed by atoms with Gasteiger partial charge in [-0.05, 0) is 36.6 Å². The average molecular weight is 344 g/mol. The molecule has 3 rings (SSSR count). The Morgan fingerprint density at radius 3 is 2.92 bits per heavy atom. The molecule has 132 valence electrons. The van der Waals surface area contributed by atoms with Crippen molar-refractivity contribution in [1.82, 2.24) is 9.47 Å². The summed E-state index contributed by atoms with van der Waals surface area (Å²) < 4.78 is 14.7. The van der Waals surface area contributed by atoms with E-state index in [1.54, 1.807) is 29.3 Å². The highest BCUT2D eigenvalue weighted by atomic mass is 19.1. The molecule has 1 atom stereocenters. The first-order valence-corrected chi connectivity index (χ1v) is 8.28. The summed E-state index contributed by atoms with van der Waals surface area (Å²) in [4.78, 5) is 26.0. The molecule has 7 heteroatoms. The van der Waals surface area contributed by atoms with Gasteiger partial charge in [-0.2, -0.15) is 0 Å². The third kappa shape index (κ3) is 4.45. The summed E-state index contributed by atoms with van der Waals surface area (Å²) in [6.07, 6.45) is 3.37. The Labute approximate surface area is 145 Å². The van der Waals surface area contributed by atoms with Crippen LogP contribution in [0.3, 0.4) is 0 Å². The second-order valence-electron chi connectivity index (χ2n) is 6.29. The van der Waals surface area contributed by atoms with E-state index >= 15 is 0 Å². The number of nitrogens with one attached hydrogen (secondary N) is 1. The first-order chi connectivity index (χ1) is 12.0. The zero-order valence-electron chi connectivity index (χ0n) is 13.8. The summed E-state index contributed by atoms with van der Waals surface area (Å²) in [5.41, 5.74) is 6.87. The summed E-state index contributed by atoms with van der Waals surface area (Å²) in [6.45, 7) is 1.42. The number of carbonyl (C=O) groups excluding carboxylic acids is 1. The zero-order valence-corrected chi connectivity index (χ0v) is 13.8. The summed E-state index contributed by atoms with van der Waals surface area (Å²) >= 11 is 0. The van der Waals surface area contributed by atoms with Gasteiger partial charge < -0.3 is 20.5 Å². The quantitative estimate of drug-likeness (QED) is 0.893. The molecule has 6 nitrogen and oxygen atoms in total. The summed E-state index contributed by atoms with van der Waals surface area (Å²) in [7, 11) is 0. The van der Waals surface area contributed by atoms with Crippen LogP contribution in [0.5, 0.6) is 0 Å². The molecule has 1 aliphatic heterocycles. The Hall–Kier alpha value is -2.67. The van der Waals surface area contributed by atoms with Crippen LogP contribution in [0.2, 0.25) is 0 Å². The number of pyridine rings is 1. The van der Waals surface area contributed by atoms with Gasteiger partial charge in [-0.1, -0.05) is 12.1 Å². The molecule has 1 fully saturated rings. The average Bonchev–Trinajstić information content (AvgIpc) is 2.58. The van der Waals surface area contributed by atoms with Crippen molar-refractivity contribution in [3.05, 3.63) is 64.3 Å². The minimum Gasteiger partial charge on any atom is -0.326 e. The van der Waals surface area contributed by atoms with Gasteiger partial charge in [0.05, 0.1) is 12.2 Å². The molecule has 1 aromatic heterocycles. The van der Waals surface area contributed by atoms with Crippen molar-refractivity contribution in [2.24, 2.45) is 5.73 Å². The number of rotatable bonds is 3. The molecule has 25 heavy (non-hydrogen) atoms. The van der Waals surface area contributed by atoms with Crippen LogP contribution in [-0.4, -0.2) is 34.6 Å². The molecule has 0 aliphatic carbocycles. The van der Waals surface area contributed by atoms with E-state index in [0.29, 0.717) is 24.3 Å². The van der Waals surface area contributed by atoms with Crippen molar-refractivity contribution < 1.29 is 9.18 Å². The number of hydrogen-bond donors (Lipinski definition) is 2. The van der Waals surface area contributed by atoms with Crippen molar-refractivity contribution in [3.63, 3.8) is 0 Å². The summed E-state index contributed by atoms with van der Waals surface area (Å²) in [5.74, 6) is -0.351. The maximum atomic E-state index is 13.3. The van der Waals surface area contributed by atoms with Crippen LogP contribution in [-0.2, 0) is 6.54 Å². The Bertz CT molecular complexity index is 821. The number of hydrogen-bond acceptors (Lipinski definition) is 3. The van der Waals surface area contributed by atoms with Crippen molar-refractivity contribution in [2.45, 2.75) is 25.4 Å². The molecule has 3 N–H and O–H groups in total. The van der Waals surface area contributed by atoms with E-state index in [-0.39, 0.29) is 30.0 Å². The Kier molecular flexibility index (Phi) is 5.14. The molecule has 0 bridgehead atoms. The predicted octanol–water partition coefficient (Wildman–Crippen LogP) is 1.99. The SMILES string of the molecule is NC1CCCN(C(=O)Nc2ccc(=O)n(Cc3cccc(F)c3)c2)C1. The largest absolute Gasteiger partial charge is 0.326 e. The normalized spacial score (nSPS) is 17.4. The number of amides is 2. The lowest BCUT2D eigenvalue weighted by Crippen LogP contribution is -2.47. The third-order valence-corrected chi connectivity index (χ3v) is 4.22. The van der Waals surface area contributed by atoms with E-state index in [0.717, 1.165) is 12.8 Å². The van der Waals surface area contributed by atoms with Crippen LogP contribution >= 0.6 is 0 Å². The number of aromatic nitrogens is 1. The molecular formula is C18H21FN4O2. The number of nitrogens with zero attached hydrogens (tertiary/aromatic N) is 2. The highest BCUT2D eigenvalue weighted by Gasteiger charge is 2.21. The number of nitrogens with two attached hydrogens (primary N) is 1. The Morgan fingerprint density at radius 1 is 1.32 bits per heavy atom. The molecule has 0 saturated carbocycles. The summed E-state index contributed by atoms with van der Waals surface area (Å²) in [5, 5.41) is 2.79. The number of anilines is 1. The van der Waals surface area contributed by atoms with Gasteiger partial charge >= 0.3 is 6.03 Å². The molecule has 2 heterocycles. The monoisotopic (exact) mass is 344 g/mol. The van der Waals surface area contributed by atoms with Crippen LogP contribution in [0, 0.1) is 5.82 Å². The van der Waals surface area contributed by atoms with Gasteiger partial charge in [-0.25, -0.2) is 9.18 Å². The van der Waals surface area contributed by atoms with Crippen LogP contribution in [0.4, 0.5) is 14.9 Å². The smallest absolute Gasteiger partial charge is 0.321 e. The van der Waals surface area contributed by atoms with Crippen molar-refractivity contribution in [1.29, 1.82) is 0 Å². The lowest BCUT2D eigenvalue weighted by Gasteiger charge is -2.30. The van der Waals surface area contributed by atoms with E-state index < -0.39 is 0 Å². The minimum absolute atomic E-state index is 0.00132. The Balaban J connectivity index is 1.72. The lowest BCUT2D eigenvalue weighted by molar-refractivity contribution is 0.193. The molecule has 2 aromatic rings. The molecule has 1 unspecified atom stereocenters. The number of carbonyl (C=O) groups is 1. The molecule has 1 saturated heterocycles. The van der Waals surface area contributed by atoms with Gasteiger partial charge in [0, 0.05) is 31.4 Å². The number of benzene rings is 1. The van der Waals surface area contributed by atoms with E-state index in [2.05, 4.69) is 5.32 Å². The standard InChI is InChI=1S/C18H21FN4O2/c19-14-4-1-3-13(9-14)10-23-12-16(6-7-17(23)24)21-18(25)22-8-2-5-15(20)11-22/h1,3-4,6-7,9,12,15H,2,5,8,10-11,20H2,(H,21,25). The van der Waals surface area contributed by atoms with Crippen molar-refractivity contribution in [3.8, 4) is 0 Å². The van der Waals surface area contributed by atoms with E-state index in [9.17, 15) is 14.0 Å². The summed E-state index contributed by atoms with van der Waals surface area (Å²) in [6, 6.07) is 8.80. The molecule has 2 amide bonds. The fourth-order valence-electron chi connectivity index (χ4n) is 2.96. The number of urea groups is 1. The van der Waals surface area contributed by atoms with Gasteiger partial charge in [-0.3, -0.25) is 4.79 Å². The molecule has 1 aromatic carbocycles. The zero-order chi connectivity index (χ0) is 17.8.